The molecule has 8 nitrogen and oxygen atoms in total. The average Bonchev–Trinajstić information content (AvgIpc) is 2.80. The van der Waals surface area contributed by atoms with Crippen LogP contribution in [0, 0.1) is 0 Å². The van der Waals surface area contributed by atoms with E-state index >= 15 is 0 Å². The summed E-state index contributed by atoms with van der Waals surface area (Å²) in [5, 5.41) is 26.5. The number of aliphatic hydroxyl groups is 1. The summed E-state index contributed by atoms with van der Waals surface area (Å²) in [6, 6.07) is 0. The van der Waals surface area contributed by atoms with E-state index in [0.29, 0.717) is 16.9 Å². The van der Waals surface area contributed by atoms with Crippen molar-refractivity contribution < 1.29 is 15.0 Å². The van der Waals surface area contributed by atoms with Crippen molar-refractivity contribution in [3.8, 4) is 0 Å². The molecule has 3 N–H and O–H groups in total. The monoisotopic (exact) mass is 293 g/mol. The maximum absolute atomic E-state index is 10.9. The van der Waals surface area contributed by atoms with Crippen LogP contribution >= 0.6 is 0 Å². The summed E-state index contributed by atoms with van der Waals surface area (Å²) in [7, 11) is 0. The Kier molecular flexibility index (Phi) is 3.58. The summed E-state index contributed by atoms with van der Waals surface area (Å²) in [5.74, 6) is -0.859. The molecule has 0 saturated heterocycles. The van der Waals surface area contributed by atoms with E-state index in [4.69, 9.17) is 5.11 Å². The summed E-state index contributed by atoms with van der Waals surface area (Å²) in [6.07, 6.45) is 3.00. The molecule has 0 aliphatic rings. The highest BCUT2D eigenvalue weighted by Gasteiger charge is 2.30. The molecule has 0 aromatic carbocycles. The molecule has 1 unspecified atom stereocenters. The van der Waals surface area contributed by atoms with Crippen LogP contribution in [0.1, 0.15) is 27.7 Å². The van der Waals surface area contributed by atoms with Crippen LogP contribution in [0.3, 0.4) is 0 Å². The highest BCUT2D eigenvalue weighted by Crippen LogP contribution is 2.24. The highest BCUT2D eigenvalue weighted by atomic mass is 16.4. The summed E-state index contributed by atoms with van der Waals surface area (Å²) < 4.78 is 1.77. The molecule has 0 aliphatic heterocycles. The molecule has 2 aromatic rings. The van der Waals surface area contributed by atoms with Crippen molar-refractivity contribution in [1.29, 1.82) is 0 Å². The second-order valence-corrected chi connectivity index (χ2v) is 6.12. The van der Waals surface area contributed by atoms with Crippen molar-refractivity contribution in [2.75, 3.05) is 11.9 Å². The summed E-state index contributed by atoms with van der Waals surface area (Å²) in [5.41, 5.74) is -1.47. The van der Waals surface area contributed by atoms with Gasteiger partial charge < -0.3 is 15.5 Å². The van der Waals surface area contributed by atoms with E-state index in [9.17, 15) is 9.90 Å². The van der Waals surface area contributed by atoms with E-state index in [-0.39, 0.29) is 12.1 Å². The van der Waals surface area contributed by atoms with Crippen molar-refractivity contribution in [3.05, 3.63) is 12.5 Å². The van der Waals surface area contributed by atoms with Gasteiger partial charge in [-0.1, -0.05) is 0 Å². The number of nitrogens with one attached hydrogen (secondary N) is 1. The highest BCUT2D eigenvalue weighted by molar-refractivity contribution is 5.86. The normalized spacial score (nSPS) is 14.9. The Balaban J connectivity index is 2.34. The number of hydrogen-bond donors (Lipinski definition) is 3. The lowest BCUT2D eigenvalue weighted by Gasteiger charge is -2.20. The number of hydrogen-bond acceptors (Lipinski definition) is 6. The van der Waals surface area contributed by atoms with Gasteiger partial charge in [0.1, 0.15) is 12.1 Å². The molecule has 21 heavy (non-hydrogen) atoms. The van der Waals surface area contributed by atoms with Crippen LogP contribution in [-0.2, 0) is 10.3 Å². The topological polar surface area (TPSA) is 113 Å². The number of carboxylic acid groups (broad SMARTS) is 1. The molecule has 114 valence electrons. The van der Waals surface area contributed by atoms with Gasteiger partial charge in [-0.3, -0.25) is 0 Å². The molecule has 8 heteroatoms. The quantitative estimate of drug-likeness (QED) is 0.765. The van der Waals surface area contributed by atoms with Crippen molar-refractivity contribution in [2.45, 2.75) is 38.8 Å². The van der Waals surface area contributed by atoms with E-state index in [1.54, 1.807) is 10.9 Å². The SMILES string of the molecule is CC(O)(CNc1ncnc2c1cnn2C(C)(C)C)C(=O)O. The third-order valence-corrected chi connectivity index (χ3v) is 3.06. The number of aliphatic carboxylic acids is 1. The molecule has 0 fully saturated rings. The fraction of sp³-hybridized carbons (Fsp3) is 0.538. The van der Waals surface area contributed by atoms with Crippen LogP contribution in [0.25, 0.3) is 11.0 Å². The first-order valence-corrected chi connectivity index (χ1v) is 6.52. The van der Waals surface area contributed by atoms with Crippen LogP contribution in [0.5, 0.6) is 0 Å². The van der Waals surface area contributed by atoms with Gasteiger partial charge in [0.25, 0.3) is 0 Å². The van der Waals surface area contributed by atoms with Gasteiger partial charge >= 0.3 is 5.97 Å². The first-order chi connectivity index (χ1) is 9.63. The maximum Gasteiger partial charge on any atom is 0.337 e. The molecule has 0 aliphatic carbocycles. The van der Waals surface area contributed by atoms with E-state index in [2.05, 4.69) is 20.4 Å². The Morgan fingerprint density at radius 2 is 2.00 bits per heavy atom. The molecule has 0 saturated carbocycles. The second kappa shape index (κ2) is 4.96. The molecule has 2 heterocycles. The summed E-state index contributed by atoms with van der Waals surface area (Å²) in [6.45, 7) is 7.06. The van der Waals surface area contributed by atoms with Crippen LogP contribution < -0.4 is 5.32 Å². The molecule has 0 radical (unpaired) electrons. The van der Waals surface area contributed by atoms with Crippen molar-refractivity contribution in [2.24, 2.45) is 0 Å². The Morgan fingerprint density at radius 3 is 2.57 bits per heavy atom. The van der Waals surface area contributed by atoms with Gasteiger partial charge in [0.05, 0.1) is 23.7 Å². The fourth-order valence-corrected chi connectivity index (χ4v) is 1.81. The molecule has 0 bridgehead atoms. The Morgan fingerprint density at radius 1 is 1.33 bits per heavy atom. The number of carboxylic acids is 1. The third kappa shape index (κ3) is 2.94. The standard InChI is InChI=1S/C13H19N5O3/c1-12(2,3)18-10-8(5-17-18)9(15-7-16-10)14-6-13(4,21)11(19)20/h5,7,21H,6H2,1-4H3,(H,19,20)(H,14,15,16). The lowest BCUT2D eigenvalue weighted by atomic mass is 10.1. The number of nitrogens with zero attached hydrogens (tertiary/aromatic N) is 4. The van der Waals surface area contributed by atoms with E-state index in [1.807, 2.05) is 20.8 Å². The third-order valence-electron chi connectivity index (χ3n) is 3.06. The minimum atomic E-state index is -1.88. The maximum atomic E-state index is 10.9. The lowest BCUT2D eigenvalue weighted by molar-refractivity contribution is -0.155. The molecule has 2 rings (SSSR count). The van der Waals surface area contributed by atoms with E-state index in [1.165, 1.54) is 13.3 Å². The first-order valence-electron chi connectivity index (χ1n) is 6.52. The molecule has 2 aromatic heterocycles. The van der Waals surface area contributed by atoms with Crippen LogP contribution in [0.15, 0.2) is 12.5 Å². The van der Waals surface area contributed by atoms with E-state index < -0.39 is 11.6 Å². The van der Waals surface area contributed by atoms with Crippen molar-refractivity contribution >= 4 is 22.8 Å². The number of carbonyl (C=O) groups is 1. The van der Waals surface area contributed by atoms with Crippen LogP contribution in [0.2, 0.25) is 0 Å². The second-order valence-electron chi connectivity index (χ2n) is 6.12. The fourth-order valence-electron chi connectivity index (χ4n) is 1.81. The van der Waals surface area contributed by atoms with Crippen molar-refractivity contribution in [1.82, 2.24) is 19.7 Å². The number of anilines is 1. The van der Waals surface area contributed by atoms with Gasteiger partial charge in [0.2, 0.25) is 0 Å². The van der Waals surface area contributed by atoms with Gasteiger partial charge in [0.15, 0.2) is 11.2 Å². The molecule has 1 atom stereocenters. The number of fused-ring (bicyclic) bond motifs is 1. The van der Waals surface area contributed by atoms with Crippen molar-refractivity contribution in [3.63, 3.8) is 0 Å². The zero-order valence-corrected chi connectivity index (χ0v) is 12.5. The van der Waals surface area contributed by atoms with Gasteiger partial charge in [-0.15, -0.1) is 0 Å². The van der Waals surface area contributed by atoms with Crippen LogP contribution in [-0.4, -0.2) is 48.1 Å². The van der Waals surface area contributed by atoms with Gasteiger partial charge in [-0.25, -0.2) is 19.4 Å². The lowest BCUT2D eigenvalue weighted by Crippen LogP contribution is -2.42. The first kappa shape index (κ1) is 15.2. The van der Waals surface area contributed by atoms with Gasteiger partial charge in [-0.05, 0) is 27.7 Å². The minimum absolute atomic E-state index is 0.171. The summed E-state index contributed by atoms with van der Waals surface area (Å²) in [4.78, 5) is 19.2. The van der Waals surface area contributed by atoms with Gasteiger partial charge in [-0.2, -0.15) is 5.10 Å². The number of aromatic nitrogens is 4. The zero-order chi connectivity index (χ0) is 15.8. The predicted molar refractivity (Wildman–Crippen MR) is 77.1 cm³/mol. The zero-order valence-electron chi connectivity index (χ0n) is 12.5. The van der Waals surface area contributed by atoms with Crippen LogP contribution in [0.4, 0.5) is 5.82 Å². The average molecular weight is 293 g/mol. The molecular formula is C13H19N5O3. The van der Waals surface area contributed by atoms with Gasteiger partial charge in [0, 0.05) is 0 Å². The molecule has 0 amide bonds. The molecule has 0 spiro atoms. The molecular weight excluding hydrogens is 274 g/mol. The Hall–Kier alpha value is -2.22. The largest absolute Gasteiger partial charge is 0.479 e. The Labute approximate surface area is 121 Å². The predicted octanol–water partition coefficient (Wildman–Crippen LogP) is 0.829. The van der Waals surface area contributed by atoms with E-state index in [0.717, 1.165) is 0 Å². The summed E-state index contributed by atoms with van der Waals surface area (Å²) >= 11 is 0. The minimum Gasteiger partial charge on any atom is -0.479 e. The smallest absolute Gasteiger partial charge is 0.337 e. The number of rotatable bonds is 4. The Bertz CT molecular complexity index is 672.